The average Bonchev–Trinajstić information content (AvgIpc) is 3.27. The van der Waals surface area contributed by atoms with Crippen LogP contribution in [0.1, 0.15) is 60.4 Å². The number of aromatic nitrogens is 1. The first-order chi connectivity index (χ1) is 20.0. The van der Waals surface area contributed by atoms with Crippen molar-refractivity contribution in [2.24, 2.45) is 0 Å². The van der Waals surface area contributed by atoms with Crippen LogP contribution >= 0.6 is 0 Å². The van der Waals surface area contributed by atoms with Crippen molar-refractivity contribution in [3.8, 4) is 23.8 Å². The van der Waals surface area contributed by atoms with Gasteiger partial charge < -0.3 is 14.5 Å². The summed E-state index contributed by atoms with van der Waals surface area (Å²) in [6.07, 6.45) is 5.76. The Morgan fingerprint density at radius 2 is 1.37 bits per heavy atom. The van der Waals surface area contributed by atoms with Gasteiger partial charge in [0.25, 0.3) is 5.91 Å². The summed E-state index contributed by atoms with van der Waals surface area (Å²) >= 11 is 0. The smallest absolute Gasteiger partial charge is 0.261 e. The Balaban J connectivity index is 1.71. The third-order valence-electron chi connectivity index (χ3n) is 8.38. The van der Waals surface area contributed by atoms with Gasteiger partial charge in [-0.05, 0) is 58.0 Å². The molecule has 0 aliphatic carbocycles. The second kappa shape index (κ2) is 10.3. The molecule has 2 aliphatic rings. The number of nitrogens with zero attached hydrogens (tertiary/aromatic N) is 4. The number of ether oxygens (including phenoxy) is 1. The number of anilines is 3. The molecule has 0 atom stereocenters. The lowest BCUT2D eigenvalue weighted by atomic mass is 9.74. The lowest BCUT2D eigenvalue weighted by Gasteiger charge is -2.44. The summed E-state index contributed by atoms with van der Waals surface area (Å²) in [6.45, 7) is 12.1. The summed E-state index contributed by atoms with van der Waals surface area (Å²) in [7, 11) is 0. The van der Waals surface area contributed by atoms with Crippen molar-refractivity contribution >= 4 is 23.1 Å². The maximum atomic E-state index is 14.4. The highest BCUT2D eigenvalue weighted by atomic mass is 16.5. The average molecular weight is 543 g/mol. The summed E-state index contributed by atoms with van der Waals surface area (Å²) in [5.41, 5.74) is 4.94. The summed E-state index contributed by atoms with van der Waals surface area (Å²) in [5.74, 6) is 4.46. The molecule has 0 saturated carbocycles. The van der Waals surface area contributed by atoms with Crippen LogP contribution in [-0.4, -0.2) is 37.1 Å². The normalized spacial score (nSPS) is 14.1. The third-order valence-corrected chi connectivity index (χ3v) is 8.38. The number of fused-ring (bicyclic) bond motifs is 6. The number of carbonyl (C=O) groups excluding carboxylic acids is 1. The lowest BCUT2D eigenvalue weighted by molar-refractivity contribution is 0.0985. The lowest BCUT2D eigenvalue weighted by Crippen LogP contribution is -2.48. The standard InChI is InChI=1S/C35H34N4O2/c1-6-24-14-13-17-33(36-24)39-34(40)27-15-11-12-16-28(27)35(39)29-20-18-25(37(7-2)8-3)22-31(29)41-32-23-26(19-21-30(32)35)38(9-4)10-5/h1,11-23H,7-10H2,2-5H3. The van der Waals surface area contributed by atoms with Crippen LogP contribution < -0.4 is 19.4 Å². The largest absolute Gasteiger partial charge is 0.456 e. The molecule has 206 valence electrons. The molecular formula is C35H34N4O2. The molecule has 0 saturated heterocycles. The van der Waals surface area contributed by atoms with Gasteiger partial charge >= 0.3 is 0 Å². The van der Waals surface area contributed by atoms with Gasteiger partial charge in [0, 0.05) is 71.9 Å². The van der Waals surface area contributed by atoms with Crippen LogP contribution in [0.2, 0.25) is 0 Å². The van der Waals surface area contributed by atoms with E-state index in [-0.39, 0.29) is 5.91 Å². The SMILES string of the molecule is C#Cc1cccc(N2C(=O)c3ccccc3C23c2ccc(N(CC)CC)cc2Oc2cc(N(CC)CC)ccc23)n1. The van der Waals surface area contributed by atoms with Crippen molar-refractivity contribution in [2.75, 3.05) is 40.9 Å². The number of terminal acetylenes is 1. The van der Waals surface area contributed by atoms with Crippen molar-refractivity contribution in [1.29, 1.82) is 0 Å². The molecule has 4 aromatic rings. The van der Waals surface area contributed by atoms with Crippen molar-refractivity contribution in [2.45, 2.75) is 33.2 Å². The highest BCUT2D eigenvalue weighted by Gasteiger charge is 2.57. The predicted octanol–water partition coefficient (Wildman–Crippen LogP) is 6.81. The van der Waals surface area contributed by atoms with Crippen LogP contribution in [0.3, 0.4) is 0 Å². The fourth-order valence-electron chi connectivity index (χ4n) is 6.44. The summed E-state index contributed by atoms with van der Waals surface area (Å²) in [6, 6.07) is 26.0. The highest BCUT2D eigenvalue weighted by molar-refractivity contribution is 6.14. The molecule has 0 radical (unpaired) electrons. The Hall–Kier alpha value is -4.76. The number of hydrogen-bond donors (Lipinski definition) is 0. The van der Waals surface area contributed by atoms with Crippen molar-refractivity contribution in [1.82, 2.24) is 4.98 Å². The van der Waals surface area contributed by atoms with E-state index in [0.29, 0.717) is 17.1 Å². The molecule has 0 bridgehead atoms. The van der Waals surface area contributed by atoms with Gasteiger partial charge in [-0.3, -0.25) is 9.69 Å². The molecule has 41 heavy (non-hydrogen) atoms. The van der Waals surface area contributed by atoms with Crippen LogP contribution in [0, 0.1) is 12.3 Å². The minimum absolute atomic E-state index is 0.123. The number of carbonyl (C=O) groups is 1. The van der Waals surface area contributed by atoms with Crippen LogP contribution in [-0.2, 0) is 5.54 Å². The summed E-state index contributed by atoms with van der Waals surface area (Å²) in [4.78, 5) is 25.6. The van der Waals surface area contributed by atoms with E-state index in [9.17, 15) is 4.79 Å². The summed E-state index contributed by atoms with van der Waals surface area (Å²) < 4.78 is 6.76. The topological polar surface area (TPSA) is 48.9 Å². The summed E-state index contributed by atoms with van der Waals surface area (Å²) in [5, 5.41) is 0. The molecule has 0 N–H and O–H groups in total. The predicted molar refractivity (Wildman–Crippen MR) is 165 cm³/mol. The quantitative estimate of drug-likeness (QED) is 0.240. The van der Waals surface area contributed by atoms with Gasteiger partial charge in [-0.15, -0.1) is 6.42 Å². The van der Waals surface area contributed by atoms with E-state index in [1.54, 1.807) is 6.07 Å². The van der Waals surface area contributed by atoms with Crippen molar-refractivity contribution in [3.63, 3.8) is 0 Å². The Labute approximate surface area is 242 Å². The van der Waals surface area contributed by atoms with Crippen molar-refractivity contribution in [3.05, 3.63) is 107 Å². The monoisotopic (exact) mass is 542 g/mol. The number of rotatable bonds is 7. The third kappa shape index (κ3) is 3.88. The minimum atomic E-state index is -1.000. The molecule has 3 aromatic carbocycles. The van der Waals surface area contributed by atoms with E-state index in [2.05, 4.69) is 79.8 Å². The molecule has 6 nitrogen and oxygen atoms in total. The zero-order chi connectivity index (χ0) is 28.7. The van der Waals surface area contributed by atoms with Crippen LogP contribution in [0.4, 0.5) is 17.2 Å². The van der Waals surface area contributed by atoms with E-state index in [1.807, 2.05) is 41.3 Å². The van der Waals surface area contributed by atoms with Crippen molar-refractivity contribution < 1.29 is 9.53 Å². The molecule has 1 spiro atoms. The van der Waals surface area contributed by atoms with Gasteiger partial charge in [0.15, 0.2) is 0 Å². The Kier molecular flexibility index (Phi) is 6.67. The fraction of sp³-hybridized carbons (Fsp3) is 0.257. The Morgan fingerprint density at radius 3 is 1.93 bits per heavy atom. The second-order valence-corrected chi connectivity index (χ2v) is 10.2. The first-order valence-electron chi connectivity index (χ1n) is 14.4. The van der Waals surface area contributed by atoms with E-state index in [4.69, 9.17) is 16.1 Å². The van der Waals surface area contributed by atoms with E-state index < -0.39 is 5.54 Å². The molecule has 2 aliphatic heterocycles. The number of benzene rings is 3. The molecule has 3 heterocycles. The molecule has 1 aromatic heterocycles. The van der Waals surface area contributed by atoms with Crippen LogP contribution in [0.25, 0.3) is 0 Å². The van der Waals surface area contributed by atoms with Gasteiger partial charge in [0.2, 0.25) is 0 Å². The van der Waals surface area contributed by atoms with E-state index in [1.165, 1.54) is 0 Å². The van der Waals surface area contributed by atoms with Crippen LogP contribution in [0.5, 0.6) is 11.5 Å². The number of pyridine rings is 1. The molecule has 6 rings (SSSR count). The Morgan fingerprint density at radius 1 is 0.780 bits per heavy atom. The van der Waals surface area contributed by atoms with Gasteiger partial charge in [-0.25, -0.2) is 4.98 Å². The molecule has 0 fully saturated rings. The van der Waals surface area contributed by atoms with Gasteiger partial charge in [-0.1, -0.05) is 42.3 Å². The first kappa shape index (κ1) is 26.5. The van der Waals surface area contributed by atoms with Gasteiger partial charge in [-0.2, -0.15) is 0 Å². The van der Waals surface area contributed by atoms with Crippen LogP contribution in [0.15, 0.2) is 78.9 Å². The number of amides is 1. The van der Waals surface area contributed by atoms with Gasteiger partial charge in [0.05, 0.1) is 0 Å². The number of hydrogen-bond acceptors (Lipinski definition) is 5. The second-order valence-electron chi connectivity index (χ2n) is 10.2. The molecular weight excluding hydrogens is 508 g/mol. The maximum absolute atomic E-state index is 14.4. The maximum Gasteiger partial charge on any atom is 0.261 e. The zero-order valence-corrected chi connectivity index (χ0v) is 24.0. The van der Waals surface area contributed by atoms with Gasteiger partial charge in [0.1, 0.15) is 28.5 Å². The molecule has 0 unspecified atom stereocenters. The van der Waals surface area contributed by atoms with E-state index >= 15 is 0 Å². The zero-order valence-electron chi connectivity index (χ0n) is 24.0. The Bertz CT molecular complexity index is 1620. The first-order valence-corrected chi connectivity index (χ1v) is 14.4. The highest BCUT2D eigenvalue weighted by Crippen LogP contribution is 2.59. The fourth-order valence-corrected chi connectivity index (χ4v) is 6.44. The van der Waals surface area contributed by atoms with E-state index in [0.717, 1.165) is 65.7 Å². The minimum Gasteiger partial charge on any atom is -0.456 e. The molecule has 6 heteroatoms. The molecule has 1 amide bonds.